The van der Waals surface area contributed by atoms with Crippen LogP contribution in [0, 0.1) is 0 Å². The number of carbonyl (C=O) groups excluding carboxylic acids is 2. The van der Waals surface area contributed by atoms with Crippen LogP contribution in [0.15, 0.2) is 48.2 Å². The van der Waals surface area contributed by atoms with E-state index in [-0.39, 0.29) is 19.1 Å². The molecule has 0 fully saturated rings. The number of esters is 1. The number of thiazole rings is 1. The molecule has 24 heavy (non-hydrogen) atoms. The first-order valence-electron chi connectivity index (χ1n) is 7.40. The highest BCUT2D eigenvalue weighted by molar-refractivity contribution is 7.16. The van der Waals surface area contributed by atoms with E-state index >= 15 is 0 Å². The van der Waals surface area contributed by atoms with Crippen molar-refractivity contribution in [2.45, 2.75) is 6.92 Å². The van der Waals surface area contributed by atoms with Crippen molar-refractivity contribution in [3.05, 3.63) is 53.8 Å². The maximum Gasteiger partial charge on any atom is 0.326 e. The molecule has 0 atom stereocenters. The average molecular weight is 341 g/mol. The Hall–Kier alpha value is -2.80. The molecule has 0 saturated carbocycles. The van der Waals surface area contributed by atoms with Gasteiger partial charge in [-0.15, -0.1) is 11.3 Å². The lowest BCUT2D eigenvalue weighted by atomic mass is 10.2. The molecular weight excluding hydrogens is 326 g/mol. The zero-order valence-corrected chi connectivity index (χ0v) is 13.8. The van der Waals surface area contributed by atoms with Gasteiger partial charge in [0, 0.05) is 23.6 Å². The largest absolute Gasteiger partial charge is 0.465 e. The van der Waals surface area contributed by atoms with Crippen LogP contribution in [-0.2, 0) is 9.53 Å². The van der Waals surface area contributed by atoms with Gasteiger partial charge in [0.1, 0.15) is 6.54 Å². The van der Waals surface area contributed by atoms with Crippen molar-refractivity contribution in [3.63, 3.8) is 0 Å². The minimum atomic E-state index is -0.454. The number of benzene rings is 1. The van der Waals surface area contributed by atoms with Crippen molar-refractivity contribution in [2.75, 3.05) is 18.1 Å². The standard InChI is InChI=1S/C17H15N3O3S/c1-2-23-16(21)10-20(17(22)12-5-7-18-8-6-12)13-3-4-14-15(9-13)24-11-19-14/h3-9,11H,2,10H2,1H3. The highest BCUT2D eigenvalue weighted by Crippen LogP contribution is 2.25. The van der Waals surface area contributed by atoms with Crippen molar-refractivity contribution < 1.29 is 14.3 Å². The Morgan fingerprint density at radius 1 is 1.21 bits per heavy atom. The zero-order chi connectivity index (χ0) is 16.9. The third kappa shape index (κ3) is 3.41. The molecule has 0 aliphatic carbocycles. The van der Waals surface area contributed by atoms with E-state index in [1.54, 1.807) is 43.0 Å². The molecule has 0 aliphatic heterocycles. The number of rotatable bonds is 5. The number of aromatic nitrogens is 2. The number of amides is 1. The summed E-state index contributed by atoms with van der Waals surface area (Å²) in [7, 11) is 0. The molecule has 0 N–H and O–H groups in total. The van der Waals surface area contributed by atoms with Crippen molar-refractivity contribution in [1.29, 1.82) is 0 Å². The van der Waals surface area contributed by atoms with Gasteiger partial charge in [0.25, 0.3) is 5.91 Å². The van der Waals surface area contributed by atoms with Crippen LogP contribution in [0.4, 0.5) is 5.69 Å². The van der Waals surface area contributed by atoms with Gasteiger partial charge in [0.15, 0.2) is 0 Å². The SMILES string of the molecule is CCOC(=O)CN(C(=O)c1ccncc1)c1ccc2ncsc2c1. The Kier molecular flexibility index (Phi) is 4.81. The predicted molar refractivity (Wildman–Crippen MR) is 92.2 cm³/mol. The van der Waals surface area contributed by atoms with Gasteiger partial charge < -0.3 is 4.74 Å². The van der Waals surface area contributed by atoms with Crippen LogP contribution < -0.4 is 4.90 Å². The summed E-state index contributed by atoms with van der Waals surface area (Å²) in [5, 5.41) is 0. The van der Waals surface area contributed by atoms with Gasteiger partial charge >= 0.3 is 5.97 Å². The summed E-state index contributed by atoms with van der Waals surface area (Å²) in [6, 6.07) is 8.70. The Morgan fingerprint density at radius 2 is 2.00 bits per heavy atom. The third-order valence-electron chi connectivity index (χ3n) is 3.39. The van der Waals surface area contributed by atoms with Crippen molar-refractivity contribution in [3.8, 4) is 0 Å². The van der Waals surface area contributed by atoms with Crippen LogP contribution in [0.3, 0.4) is 0 Å². The van der Waals surface area contributed by atoms with Gasteiger partial charge in [-0.3, -0.25) is 19.5 Å². The number of fused-ring (bicyclic) bond motifs is 1. The summed E-state index contributed by atoms with van der Waals surface area (Å²) in [4.78, 5) is 34.3. The molecular formula is C17H15N3O3S. The van der Waals surface area contributed by atoms with Crippen LogP contribution in [0.5, 0.6) is 0 Å². The summed E-state index contributed by atoms with van der Waals surface area (Å²) in [5.74, 6) is -0.737. The second-order valence-corrected chi connectivity index (χ2v) is 5.82. The average Bonchev–Trinajstić information content (AvgIpc) is 3.08. The van der Waals surface area contributed by atoms with E-state index in [0.29, 0.717) is 11.3 Å². The molecule has 2 heterocycles. The minimum Gasteiger partial charge on any atom is -0.465 e. The molecule has 0 saturated heterocycles. The van der Waals surface area contributed by atoms with E-state index < -0.39 is 5.97 Å². The molecule has 2 aromatic heterocycles. The number of ether oxygens (including phenoxy) is 1. The first-order chi connectivity index (χ1) is 11.7. The number of nitrogens with zero attached hydrogens (tertiary/aromatic N) is 3. The number of hydrogen-bond donors (Lipinski definition) is 0. The quantitative estimate of drug-likeness (QED) is 0.667. The fourth-order valence-corrected chi connectivity index (χ4v) is 2.99. The normalized spacial score (nSPS) is 10.5. The number of pyridine rings is 1. The van der Waals surface area contributed by atoms with Gasteiger partial charge in [0.05, 0.1) is 22.3 Å². The zero-order valence-electron chi connectivity index (χ0n) is 13.0. The monoisotopic (exact) mass is 341 g/mol. The second-order valence-electron chi connectivity index (χ2n) is 4.94. The summed E-state index contributed by atoms with van der Waals surface area (Å²) in [5.41, 5.74) is 3.69. The molecule has 0 bridgehead atoms. The summed E-state index contributed by atoms with van der Waals surface area (Å²) in [6.07, 6.45) is 3.09. The molecule has 0 spiro atoms. The summed E-state index contributed by atoms with van der Waals surface area (Å²) >= 11 is 1.48. The van der Waals surface area contributed by atoms with Gasteiger partial charge in [-0.2, -0.15) is 0 Å². The molecule has 7 heteroatoms. The molecule has 0 radical (unpaired) electrons. The van der Waals surface area contributed by atoms with E-state index in [9.17, 15) is 9.59 Å². The fourth-order valence-electron chi connectivity index (χ4n) is 2.28. The van der Waals surface area contributed by atoms with Gasteiger partial charge in [-0.1, -0.05) is 0 Å². The predicted octanol–water partition coefficient (Wildman–Crippen LogP) is 2.90. The highest BCUT2D eigenvalue weighted by atomic mass is 32.1. The molecule has 3 rings (SSSR count). The Labute approximate surface area is 142 Å². The van der Waals surface area contributed by atoms with Crippen molar-refractivity contribution >= 4 is 39.1 Å². The lowest BCUT2D eigenvalue weighted by molar-refractivity contribution is -0.141. The lowest BCUT2D eigenvalue weighted by Crippen LogP contribution is -2.36. The Morgan fingerprint density at radius 3 is 2.75 bits per heavy atom. The van der Waals surface area contributed by atoms with Crippen LogP contribution in [0.1, 0.15) is 17.3 Å². The van der Waals surface area contributed by atoms with Gasteiger partial charge in [-0.25, -0.2) is 4.98 Å². The topological polar surface area (TPSA) is 72.4 Å². The molecule has 6 nitrogen and oxygen atoms in total. The second kappa shape index (κ2) is 7.18. The molecule has 3 aromatic rings. The Bertz CT molecular complexity index is 864. The van der Waals surface area contributed by atoms with E-state index in [0.717, 1.165) is 10.2 Å². The molecule has 1 aromatic carbocycles. The maximum absolute atomic E-state index is 12.8. The van der Waals surface area contributed by atoms with Gasteiger partial charge in [-0.05, 0) is 37.3 Å². The fraction of sp³-hybridized carbons (Fsp3) is 0.176. The summed E-state index contributed by atoms with van der Waals surface area (Å²) in [6.45, 7) is 1.85. The first kappa shape index (κ1) is 16.1. The van der Waals surface area contributed by atoms with E-state index in [2.05, 4.69) is 9.97 Å². The highest BCUT2D eigenvalue weighted by Gasteiger charge is 2.22. The molecule has 1 amide bonds. The van der Waals surface area contributed by atoms with Crippen molar-refractivity contribution in [1.82, 2.24) is 9.97 Å². The summed E-state index contributed by atoms with van der Waals surface area (Å²) < 4.78 is 5.95. The molecule has 0 aliphatic rings. The minimum absolute atomic E-state index is 0.153. The maximum atomic E-state index is 12.8. The smallest absolute Gasteiger partial charge is 0.326 e. The van der Waals surface area contributed by atoms with E-state index in [1.807, 2.05) is 12.1 Å². The molecule has 0 unspecified atom stereocenters. The number of anilines is 1. The van der Waals surface area contributed by atoms with Gasteiger partial charge in [0.2, 0.25) is 0 Å². The Balaban J connectivity index is 1.97. The van der Waals surface area contributed by atoms with E-state index in [1.165, 1.54) is 16.2 Å². The van der Waals surface area contributed by atoms with E-state index in [4.69, 9.17) is 4.74 Å². The lowest BCUT2D eigenvalue weighted by Gasteiger charge is -2.22. The molecule has 122 valence electrons. The number of carbonyl (C=O) groups is 2. The van der Waals surface area contributed by atoms with Crippen LogP contribution in [0.25, 0.3) is 10.2 Å². The third-order valence-corrected chi connectivity index (χ3v) is 4.18. The van der Waals surface area contributed by atoms with Crippen LogP contribution in [0.2, 0.25) is 0 Å². The first-order valence-corrected chi connectivity index (χ1v) is 8.27. The van der Waals surface area contributed by atoms with Crippen LogP contribution in [-0.4, -0.2) is 35.0 Å². The number of hydrogen-bond acceptors (Lipinski definition) is 6. The van der Waals surface area contributed by atoms with Crippen LogP contribution >= 0.6 is 11.3 Å². The van der Waals surface area contributed by atoms with Crippen molar-refractivity contribution in [2.24, 2.45) is 0 Å².